The molecule has 6 nitrogen and oxygen atoms in total. The maximum absolute atomic E-state index is 12.0. The van der Waals surface area contributed by atoms with Crippen LogP contribution in [0, 0.1) is 6.92 Å². The van der Waals surface area contributed by atoms with Gasteiger partial charge in [0.05, 0.1) is 12.1 Å². The number of carbonyl (C=O) groups excluding carboxylic acids is 2. The Kier molecular flexibility index (Phi) is 6.74. The molecule has 0 bridgehead atoms. The molecular weight excluding hydrogens is 318 g/mol. The molecule has 0 fully saturated rings. The Morgan fingerprint density at radius 1 is 1.12 bits per heavy atom. The van der Waals surface area contributed by atoms with Crippen molar-refractivity contribution in [2.24, 2.45) is 0 Å². The molecule has 1 heterocycles. The SMILES string of the molecule is CCc1ccc(-c2nc(CC(=O)NCCCNC(C)=O)c(C)o2)cc1. The third-order valence-electron chi connectivity index (χ3n) is 3.88. The topological polar surface area (TPSA) is 84.2 Å². The van der Waals surface area contributed by atoms with Gasteiger partial charge in [0.1, 0.15) is 5.76 Å². The fraction of sp³-hybridized carbons (Fsp3) is 0.421. The van der Waals surface area contributed by atoms with E-state index in [0.717, 1.165) is 12.0 Å². The van der Waals surface area contributed by atoms with Gasteiger partial charge in [-0.05, 0) is 37.5 Å². The van der Waals surface area contributed by atoms with Crippen LogP contribution in [0.4, 0.5) is 0 Å². The number of nitrogens with zero attached hydrogens (tertiary/aromatic N) is 1. The Balaban J connectivity index is 1.88. The molecule has 0 aliphatic carbocycles. The minimum absolute atomic E-state index is 0.0657. The largest absolute Gasteiger partial charge is 0.441 e. The van der Waals surface area contributed by atoms with Crippen LogP contribution in [0.1, 0.15) is 37.3 Å². The van der Waals surface area contributed by atoms with Crippen molar-refractivity contribution in [2.75, 3.05) is 13.1 Å². The molecule has 0 spiro atoms. The number of hydrogen-bond donors (Lipinski definition) is 2. The third kappa shape index (κ3) is 5.74. The molecule has 0 saturated carbocycles. The molecule has 2 aromatic rings. The van der Waals surface area contributed by atoms with Crippen LogP contribution in [-0.2, 0) is 22.4 Å². The van der Waals surface area contributed by atoms with E-state index in [-0.39, 0.29) is 18.2 Å². The first-order chi connectivity index (χ1) is 12.0. The van der Waals surface area contributed by atoms with Crippen LogP contribution >= 0.6 is 0 Å². The van der Waals surface area contributed by atoms with E-state index < -0.39 is 0 Å². The lowest BCUT2D eigenvalue weighted by molar-refractivity contribution is -0.120. The van der Waals surface area contributed by atoms with E-state index in [2.05, 4.69) is 34.7 Å². The zero-order valence-electron chi connectivity index (χ0n) is 15.0. The lowest BCUT2D eigenvalue weighted by atomic mass is 10.1. The van der Waals surface area contributed by atoms with Gasteiger partial charge in [0.15, 0.2) is 0 Å². The van der Waals surface area contributed by atoms with Gasteiger partial charge in [-0.2, -0.15) is 0 Å². The van der Waals surface area contributed by atoms with Gasteiger partial charge in [0, 0.05) is 25.6 Å². The van der Waals surface area contributed by atoms with Gasteiger partial charge in [-0.15, -0.1) is 0 Å². The second-order valence-corrected chi connectivity index (χ2v) is 5.94. The Bertz CT molecular complexity index is 720. The summed E-state index contributed by atoms with van der Waals surface area (Å²) in [5.41, 5.74) is 2.81. The van der Waals surface area contributed by atoms with Gasteiger partial charge >= 0.3 is 0 Å². The lowest BCUT2D eigenvalue weighted by Crippen LogP contribution is -2.29. The molecule has 134 valence electrons. The number of amides is 2. The zero-order chi connectivity index (χ0) is 18.2. The van der Waals surface area contributed by atoms with Crippen molar-refractivity contribution in [3.05, 3.63) is 41.3 Å². The molecule has 0 aliphatic rings. The van der Waals surface area contributed by atoms with Crippen molar-refractivity contribution >= 4 is 11.8 Å². The van der Waals surface area contributed by atoms with Crippen LogP contribution < -0.4 is 10.6 Å². The molecular formula is C19H25N3O3. The summed E-state index contributed by atoms with van der Waals surface area (Å²) in [6.07, 6.45) is 1.86. The van der Waals surface area contributed by atoms with Crippen molar-refractivity contribution in [3.63, 3.8) is 0 Å². The van der Waals surface area contributed by atoms with Crippen LogP contribution in [0.15, 0.2) is 28.7 Å². The minimum Gasteiger partial charge on any atom is -0.441 e. The smallest absolute Gasteiger partial charge is 0.226 e. The van der Waals surface area contributed by atoms with Crippen molar-refractivity contribution in [1.82, 2.24) is 15.6 Å². The number of rotatable bonds is 8. The van der Waals surface area contributed by atoms with Gasteiger partial charge < -0.3 is 15.1 Å². The Labute approximate surface area is 148 Å². The molecule has 0 unspecified atom stereocenters. The molecule has 2 rings (SSSR count). The minimum atomic E-state index is -0.105. The Morgan fingerprint density at radius 2 is 1.80 bits per heavy atom. The third-order valence-corrected chi connectivity index (χ3v) is 3.88. The highest BCUT2D eigenvalue weighted by Gasteiger charge is 2.14. The van der Waals surface area contributed by atoms with E-state index in [1.165, 1.54) is 12.5 Å². The summed E-state index contributed by atoms with van der Waals surface area (Å²) in [5, 5.41) is 5.51. The highest BCUT2D eigenvalue weighted by molar-refractivity contribution is 5.78. The molecule has 0 saturated heterocycles. The lowest BCUT2D eigenvalue weighted by Gasteiger charge is -2.04. The molecule has 0 aliphatic heterocycles. The zero-order valence-corrected chi connectivity index (χ0v) is 15.0. The van der Waals surface area contributed by atoms with E-state index in [9.17, 15) is 9.59 Å². The molecule has 6 heteroatoms. The summed E-state index contributed by atoms with van der Waals surface area (Å²) < 4.78 is 5.71. The maximum atomic E-state index is 12.0. The summed E-state index contributed by atoms with van der Waals surface area (Å²) in [6, 6.07) is 8.07. The molecule has 1 aromatic carbocycles. The van der Waals surface area contributed by atoms with Gasteiger partial charge in [0.2, 0.25) is 17.7 Å². The van der Waals surface area contributed by atoms with Crippen LogP contribution in [0.5, 0.6) is 0 Å². The van der Waals surface area contributed by atoms with E-state index in [4.69, 9.17) is 4.42 Å². The molecule has 0 atom stereocenters. The number of hydrogen-bond acceptors (Lipinski definition) is 4. The van der Waals surface area contributed by atoms with Crippen LogP contribution in [0.25, 0.3) is 11.5 Å². The number of aromatic nitrogens is 1. The molecule has 25 heavy (non-hydrogen) atoms. The Morgan fingerprint density at radius 3 is 2.44 bits per heavy atom. The summed E-state index contributed by atoms with van der Waals surface area (Å²) in [5.74, 6) is 1.02. The van der Waals surface area contributed by atoms with E-state index in [1.807, 2.05) is 19.1 Å². The van der Waals surface area contributed by atoms with E-state index in [1.54, 1.807) is 0 Å². The first kappa shape index (κ1) is 18.7. The standard InChI is InChI=1S/C19H25N3O3/c1-4-15-6-8-16(9-7-15)19-22-17(13(2)25-19)12-18(24)21-11-5-10-20-14(3)23/h6-9H,4-5,10-12H2,1-3H3,(H,20,23)(H,21,24). The first-order valence-corrected chi connectivity index (χ1v) is 8.56. The number of benzene rings is 1. The first-order valence-electron chi connectivity index (χ1n) is 8.56. The average molecular weight is 343 g/mol. The number of carbonyl (C=O) groups is 2. The van der Waals surface area contributed by atoms with E-state index in [0.29, 0.717) is 36.9 Å². The maximum Gasteiger partial charge on any atom is 0.226 e. The summed E-state index contributed by atoms with van der Waals surface area (Å²) in [7, 11) is 0. The molecule has 1 aromatic heterocycles. The second kappa shape index (κ2) is 9.01. The summed E-state index contributed by atoms with van der Waals surface area (Å²) in [4.78, 5) is 27.2. The predicted octanol–water partition coefficient (Wildman–Crippen LogP) is 2.40. The number of oxazole rings is 1. The van der Waals surface area contributed by atoms with Crippen molar-refractivity contribution < 1.29 is 14.0 Å². The summed E-state index contributed by atoms with van der Waals surface area (Å²) in [6.45, 7) is 6.46. The number of nitrogens with one attached hydrogen (secondary N) is 2. The van der Waals surface area contributed by atoms with E-state index >= 15 is 0 Å². The quantitative estimate of drug-likeness (QED) is 0.721. The highest BCUT2D eigenvalue weighted by atomic mass is 16.4. The van der Waals surface area contributed by atoms with Gasteiger partial charge in [-0.3, -0.25) is 9.59 Å². The normalized spacial score (nSPS) is 10.5. The average Bonchev–Trinajstić information content (AvgIpc) is 2.95. The number of aryl methyl sites for hydroxylation is 2. The van der Waals surface area contributed by atoms with Crippen LogP contribution in [0.2, 0.25) is 0 Å². The van der Waals surface area contributed by atoms with Crippen molar-refractivity contribution in [2.45, 2.75) is 40.0 Å². The molecule has 0 radical (unpaired) electrons. The van der Waals surface area contributed by atoms with Crippen molar-refractivity contribution in [1.29, 1.82) is 0 Å². The predicted molar refractivity (Wildman–Crippen MR) is 96.1 cm³/mol. The Hall–Kier alpha value is -2.63. The van der Waals surface area contributed by atoms with Crippen LogP contribution in [-0.4, -0.2) is 29.9 Å². The molecule has 2 amide bonds. The second-order valence-electron chi connectivity index (χ2n) is 5.94. The van der Waals surface area contributed by atoms with Crippen molar-refractivity contribution in [3.8, 4) is 11.5 Å². The fourth-order valence-electron chi connectivity index (χ4n) is 2.39. The van der Waals surface area contributed by atoms with Gasteiger partial charge in [-0.1, -0.05) is 19.1 Å². The highest BCUT2D eigenvalue weighted by Crippen LogP contribution is 2.22. The molecule has 2 N–H and O–H groups in total. The van der Waals surface area contributed by atoms with Gasteiger partial charge in [-0.25, -0.2) is 4.98 Å². The monoisotopic (exact) mass is 343 g/mol. The summed E-state index contributed by atoms with van der Waals surface area (Å²) >= 11 is 0. The fourth-order valence-corrected chi connectivity index (χ4v) is 2.39. The van der Waals surface area contributed by atoms with Crippen LogP contribution in [0.3, 0.4) is 0 Å². The van der Waals surface area contributed by atoms with Gasteiger partial charge in [0.25, 0.3) is 0 Å².